The number of likely N-dealkylation sites (tertiary alicyclic amines) is 1. The molecule has 1 amide bonds. The number of benzene rings is 1. The van der Waals surface area contributed by atoms with Gasteiger partial charge in [0.15, 0.2) is 0 Å². The minimum atomic E-state index is 0.0969. The molecule has 4 nitrogen and oxygen atoms in total. The van der Waals surface area contributed by atoms with E-state index in [-0.39, 0.29) is 11.9 Å². The average molecular weight is 358 g/mol. The Kier molecular flexibility index (Phi) is 4.42. The Morgan fingerprint density at radius 1 is 1.24 bits per heavy atom. The molecule has 0 radical (unpaired) electrons. The van der Waals surface area contributed by atoms with E-state index in [1.54, 1.807) is 0 Å². The van der Waals surface area contributed by atoms with Crippen LogP contribution in [0.4, 0.5) is 0 Å². The van der Waals surface area contributed by atoms with Crippen molar-refractivity contribution in [2.75, 3.05) is 13.1 Å². The number of aromatic nitrogens is 1. The monoisotopic (exact) mass is 357 g/mol. The molecule has 1 unspecified atom stereocenters. The van der Waals surface area contributed by atoms with Gasteiger partial charge in [-0.25, -0.2) is 0 Å². The summed E-state index contributed by atoms with van der Waals surface area (Å²) in [5.74, 6) is 1.12. The number of carbonyl (C=O) groups excluding carboxylic acids is 1. The first-order valence-electron chi connectivity index (χ1n) is 9.18. The van der Waals surface area contributed by atoms with Gasteiger partial charge in [-0.05, 0) is 62.8 Å². The standard InChI is InChI=1S/C20H24ClN3O/c1-12(22)13-6-8-24(9-7-13)20(25)17-11-19(14-2-3-14)23-18-5-4-15(21)10-16(17)18/h4-5,10-14H,2-3,6-9,22H2,1H3. The maximum Gasteiger partial charge on any atom is 0.254 e. The lowest BCUT2D eigenvalue weighted by Gasteiger charge is -2.34. The first kappa shape index (κ1) is 16.8. The van der Waals surface area contributed by atoms with Gasteiger partial charge < -0.3 is 10.6 Å². The molecule has 4 rings (SSSR count). The van der Waals surface area contributed by atoms with Gasteiger partial charge in [-0.15, -0.1) is 0 Å². The summed E-state index contributed by atoms with van der Waals surface area (Å²) in [6.45, 7) is 3.60. The number of nitrogens with zero attached hydrogens (tertiary/aromatic N) is 2. The number of rotatable bonds is 3. The number of carbonyl (C=O) groups is 1. The highest BCUT2D eigenvalue weighted by atomic mass is 35.5. The highest BCUT2D eigenvalue weighted by molar-refractivity contribution is 6.31. The van der Waals surface area contributed by atoms with E-state index < -0.39 is 0 Å². The SMILES string of the molecule is CC(N)C1CCN(C(=O)c2cc(C3CC3)nc3ccc(Cl)cc23)CC1. The van der Waals surface area contributed by atoms with Crippen LogP contribution in [-0.4, -0.2) is 34.9 Å². The van der Waals surface area contributed by atoms with Crippen LogP contribution in [0.5, 0.6) is 0 Å². The van der Waals surface area contributed by atoms with Gasteiger partial charge in [0, 0.05) is 41.2 Å². The Labute approximate surface area is 153 Å². The number of halogens is 1. The fourth-order valence-corrected chi connectivity index (χ4v) is 3.95. The lowest BCUT2D eigenvalue weighted by Crippen LogP contribution is -2.42. The third-order valence-electron chi connectivity index (χ3n) is 5.59. The molecule has 1 saturated carbocycles. The van der Waals surface area contributed by atoms with Gasteiger partial charge in [0.25, 0.3) is 5.91 Å². The summed E-state index contributed by atoms with van der Waals surface area (Å²) in [4.78, 5) is 19.9. The molecule has 2 N–H and O–H groups in total. The Hall–Kier alpha value is -1.65. The molecule has 132 valence electrons. The van der Waals surface area contributed by atoms with Crippen molar-refractivity contribution in [3.63, 3.8) is 0 Å². The van der Waals surface area contributed by atoms with Crippen LogP contribution in [0.2, 0.25) is 5.02 Å². The van der Waals surface area contributed by atoms with Crippen molar-refractivity contribution in [1.82, 2.24) is 9.88 Å². The summed E-state index contributed by atoms with van der Waals surface area (Å²) in [7, 11) is 0. The van der Waals surface area contributed by atoms with E-state index in [1.807, 2.05) is 29.2 Å². The third kappa shape index (κ3) is 3.38. The molecule has 1 aliphatic carbocycles. The van der Waals surface area contributed by atoms with Crippen LogP contribution in [0.3, 0.4) is 0 Å². The molecular weight excluding hydrogens is 334 g/mol. The van der Waals surface area contributed by atoms with Gasteiger partial charge in [0.2, 0.25) is 0 Å². The predicted molar refractivity (Wildman–Crippen MR) is 101 cm³/mol. The van der Waals surface area contributed by atoms with E-state index in [9.17, 15) is 4.79 Å². The van der Waals surface area contributed by atoms with Crippen LogP contribution in [0, 0.1) is 5.92 Å². The lowest BCUT2D eigenvalue weighted by atomic mass is 9.90. The number of fused-ring (bicyclic) bond motifs is 1. The maximum absolute atomic E-state index is 13.2. The van der Waals surface area contributed by atoms with E-state index >= 15 is 0 Å². The third-order valence-corrected chi connectivity index (χ3v) is 5.82. The number of hydrogen-bond donors (Lipinski definition) is 1. The molecule has 1 saturated heterocycles. The number of piperidine rings is 1. The molecule has 2 fully saturated rings. The highest BCUT2D eigenvalue weighted by Crippen LogP contribution is 2.40. The number of hydrogen-bond acceptors (Lipinski definition) is 3. The normalized spacial score (nSPS) is 20.0. The van der Waals surface area contributed by atoms with Gasteiger partial charge in [-0.3, -0.25) is 9.78 Å². The topological polar surface area (TPSA) is 59.2 Å². The van der Waals surface area contributed by atoms with Gasteiger partial charge in [-0.1, -0.05) is 11.6 Å². The molecule has 25 heavy (non-hydrogen) atoms. The van der Waals surface area contributed by atoms with Crippen molar-refractivity contribution in [3.8, 4) is 0 Å². The molecule has 0 bridgehead atoms. The quantitative estimate of drug-likeness (QED) is 0.904. The zero-order chi connectivity index (χ0) is 17.6. The van der Waals surface area contributed by atoms with Crippen LogP contribution in [-0.2, 0) is 0 Å². The Morgan fingerprint density at radius 3 is 2.60 bits per heavy atom. The first-order chi connectivity index (χ1) is 12.0. The summed E-state index contributed by atoms with van der Waals surface area (Å²) in [5, 5.41) is 1.49. The van der Waals surface area contributed by atoms with Gasteiger partial charge in [0.1, 0.15) is 0 Å². The zero-order valence-corrected chi connectivity index (χ0v) is 15.3. The number of nitrogens with two attached hydrogens (primary N) is 1. The van der Waals surface area contributed by atoms with Crippen LogP contribution < -0.4 is 5.73 Å². The maximum atomic E-state index is 13.2. The lowest BCUT2D eigenvalue weighted by molar-refractivity contribution is 0.0683. The summed E-state index contributed by atoms with van der Waals surface area (Å²) in [6, 6.07) is 7.82. The first-order valence-corrected chi connectivity index (χ1v) is 9.56. The van der Waals surface area contributed by atoms with E-state index in [2.05, 4.69) is 6.92 Å². The Bertz CT molecular complexity index is 808. The van der Waals surface area contributed by atoms with Crippen LogP contribution in [0.15, 0.2) is 24.3 Å². The van der Waals surface area contributed by atoms with Gasteiger partial charge >= 0.3 is 0 Å². The summed E-state index contributed by atoms with van der Waals surface area (Å²) in [5.41, 5.74) is 8.68. The van der Waals surface area contributed by atoms with Crippen LogP contribution in [0.25, 0.3) is 10.9 Å². The summed E-state index contributed by atoms with van der Waals surface area (Å²) < 4.78 is 0. The average Bonchev–Trinajstić information content (AvgIpc) is 3.45. The van der Waals surface area contributed by atoms with Gasteiger partial charge in [-0.2, -0.15) is 0 Å². The van der Waals surface area contributed by atoms with E-state index in [4.69, 9.17) is 22.3 Å². The zero-order valence-electron chi connectivity index (χ0n) is 14.5. The molecule has 1 aliphatic heterocycles. The number of amides is 1. The Morgan fingerprint density at radius 2 is 1.96 bits per heavy atom. The summed E-state index contributed by atoms with van der Waals surface area (Å²) in [6.07, 6.45) is 4.28. The molecule has 2 aromatic rings. The molecular formula is C20H24ClN3O. The largest absolute Gasteiger partial charge is 0.339 e. The predicted octanol–water partition coefficient (Wildman–Crippen LogP) is 3.97. The van der Waals surface area contributed by atoms with Crippen molar-refractivity contribution in [2.24, 2.45) is 11.7 Å². The van der Waals surface area contributed by atoms with E-state index in [0.29, 0.717) is 16.9 Å². The molecule has 0 spiro atoms. The van der Waals surface area contributed by atoms with Crippen molar-refractivity contribution < 1.29 is 4.79 Å². The molecule has 5 heteroatoms. The second-order valence-corrected chi connectivity index (χ2v) is 7.96. The molecule has 1 atom stereocenters. The molecule has 2 heterocycles. The number of pyridine rings is 1. The van der Waals surface area contributed by atoms with E-state index in [1.165, 1.54) is 12.8 Å². The minimum absolute atomic E-state index is 0.0969. The van der Waals surface area contributed by atoms with Gasteiger partial charge in [0.05, 0.1) is 11.1 Å². The fraction of sp³-hybridized carbons (Fsp3) is 0.500. The summed E-state index contributed by atoms with van der Waals surface area (Å²) >= 11 is 6.18. The Balaban J connectivity index is 1.67. The fourth-order valence-electron chi connectivity index (χ4n) is 3.78. The molecule has 1 aromatic heterocycles. The van der Waals surface area contributed by atoms with Crippen molar-refractivity contribution in [3.05, 3.63) is 40.5 Å². The van der Waals surface area contributed by atoms with Crippen molar-refractivity contribution >= 4 is 28.4 Å². The van der Waals surface area contributed by atoms with Crippen molar-refractivity contribution in [2.45, 2.75) is 44.6 Å². The smallest absolute Gasteiger partial charge is 0.254 e. The highest BCUT2D eigenvalue weighted by Gasteiger charge is 2.30. The second kappa shape index (κ2) is 6.58. The second-order valence-electron chi connectivity index (χ2n) is 7.52. The van der Waals surface area contributed by atoms with Crippen LogP contribution in [0.1, 0.15) is 54.6 Å². The van der Waals surface area contributed by atoms with Crippen LogP contribution >= 0.6 is 11.6 Å². The van der Waals surface area contributed by atoms with Crippen molar-refractivity contribution in [1.29, 1.82) is 0 Å². The molecule has 2 aliphatic rings. The van der Waals surface area contributed by atoms with E-state index in [0.717, 1.165) is 48.1 Å². The minimum Gasteiger partial charge on any atom is -0.339 e. The molecule has 1 aromatic carbocycles.